The second-order valence-electron chi connectivity index (χ2n) is 4.74. The number of amides is 3. The summed E-state index contributed by atoms with van der Waals surface area (Å²) in [7, 11) is 0. The zero-order valence-electron chi connectivity index (χ0n) is 13.0. The third kappa shape index (κ3) is 6.66. The molecule has 3 amide bonds. The van der Waals surface area contributed by atoms with Gasteiger partial charge in [-0.2, -0.15) is 37.9 Å². The monoisotopic (exact) mass is 387 g/mol. The van der Waals surface area contributed by atoms with Crippen LogP contribution in [-0.4, -0.2) is 54.6 Å². The fourth-order valence-corrected chi connectivity index (χ4v) is 2.17. The van der Waals surface area contributed by atoms with Crippen molar-refractivity contribution in [3.8, 4) is 0 Å². The van der Waals surface area contributed by atoms with E-state index in [9.17, 15) is 14.4 Å². The second-order valence-corrected chi connectivity index (χ2v) is 6.08. The number of benzene rings is 1. The van der Waals surface area contributed by atoms with Gasteiger partial charge >= 0.3 is 0 Å². The summed E-state index contributed by atoms with van der Waals surface area (Å²) >= 11 is 12.1. The van der Waals surface area contributed by atoms with E-state index < -0.39 is 0 Å². The second kappa shape index (κ2) is 11.3. The van der Waals surface area contributed by atoms with E-state index >= 15 is 0 Å². The zero-order chi connectivity index (χ0) is 17.9. The first-order valence-electron chi connectivity index (χ1n) is 7.35. The van der Waals surface area contributed by atoms with E-state index in [1.54, 1.807) is 0 Å². The van der Waals surface area contributed by atoms with Crippen LogP contribution < -0.4 is 16.0 Å². The molecule has 0 fully saturated rings. The Morgan fingerprint density at radius 3 is 1.08 bits per heavy atom. The lowest BCUT2D eigenvalue weighted by Crippen LogP contribution is -2.30. The van der Waals surface area contributed by atoms with Gasteiger partial charge in [-0.3, -0.25) is 14.4 Å². The summed E-state index contributed by atoms with van der Waals surface area (Å²) in [6.07, 6.45) is 0. The lowest BCUT2D eigenvalue weighted by atomic mass is 10.0. The number of carbonyl (C=O) groups excluding carboxylic acids is 3. The van der Waals surface area contributed by atoms with E-state index in [-0.39, 0.29) is 34.4 Å². The van der Waals surface area contributed by atoms with E-state index in [2.05, 4.69) is 53.8 Å². The van der Waals surface area contributed by atoms with Gasteiger partial charge in [0.1, 0.15) is 0 Å². The summed E-state index contributed by atoms with van der Waals surface area (Å²) in [5, 5.41) is 7.99. The minimum Gasteiger partial charge on any atom is -0.351 e. The van der Waals surface area contributed by atoms with Crippen LogP contribution in [0.15, 0.2) is 18.2 Å². The average molecular weight is 388 g/mol. The fourth-order valence-electron chi connectivity index (χ4n) is 1.84. The van der Waals surface area contributed by atoms with Crippen LogP contribution in [0.1, 0.15) is 31.1 Å². The molecule has 6 nitrogen and oxygen atoms in total. The molecular weight excluding hydrogens is 366 g/mol. The quantitative estimate of drug-likeness (QED) is 0.352. The van der Waals surface area contributed by atoms with Crippen molar-refractivity contribution in [3.63, 3.8) is 0 Å². The van der Waals surface area contributed by atoms with Crippen molar-refractivity contribution in [1.29, 1.82) is 0 Å². The van der Waals surface area contributed by atoms with E-state index in [1.165, 1.54) is 18.2 Å². The molecule has 0 unspecified atom stereocenters. The fraction of sp³-hybridized carbons (Fsp3) is 0.400. The number of hydrogen-bond donors (Lipinski definition) is 6. The predicted molar refractivity (Wildman–Crippen MR) is 105 cm³/mol. The molecule has 0 spiro atoms. The average Bonchev–Trinajstić information content (AvgIpc) is 2.61. The Morgan fingerprint density at radius 2 is 0.875 bits per heavy atom. The maximum absolute atomic E-state index is 12.1. The van der Waals surface area contributed by atoms with Gasteiger partial charge in [-0.15, -0.1) is 0 Å². The van der Waals surface area contributed by atoms with Gasteiger partial charge in [0.25, 0.3) is 17.7 Å². The summed E-state index contributed by atoms with van der Waals surface area (Å²) in [5.74, 6) is 0.374. The molecule has 0 heterocycles. The molecule has 9 heteroatoms. The molecule has 0 saturated carbocycles. The molecule has 0 aromatic heterocycles. The largest absolute Gasteiger partial charge is 0.351 e. The lowest BCUT2D eigenvalue weighted by Gasteiger charge is -2.10. The predicted octanol–water partition coefficient (Wildman–Crippen LogP) is 0.665. The van der Waals surface area contributed by atoms with Crippen LogP contribution in [-0.2, 0) is 0 Å². The van der Waals surface area contributed by atoms with Crippen LogP contribution in [0.4, 0.5) is 0 Å². The number of rotatable bonds is 9. The van der Waals surface area contributed by atoms with Gasteiger partial charge < -0.3 is 16.0 Å². The third-order valence-corrected chi connectivity index (χ3v) is 3.58. The molecule has 0 atom stereocenters. The van der Waals surface area contributed by atoms with Crippen molar-refractivity contribution in [2.75, 3.05) is 36.9 Å². The van der Waals surface area contributed by atoms with Crippen LogP contribution >= 0.6 is 37.9 Å². The number of thiol groups is 3. The molecule has 24 heavy (non-hydrogen) atoms. The van der Waals surface area contributed by atoms with Gasteiger partial charge in [0.15, 0.2) is 0 Å². The van der Waals surface area contributed by atoms with Crippen molar-refractivity contribution in [3.05, 3.63) is 34.9 Å². The molecule has 0 bridgehead atoms. The molecule has 3 N–H and O–H groups in total. The molecule has 0 aliphatic heterocycles. The van der Waals surface area contributed by atoms with Gasteiger partial charge in [-0.1, -0.05) is 0 Å². The standard InChI is InChI=1S/C15H21N3O3S3/c19-13(16-1-4-22)10-7-11(14(20)17-2-5-23)9-12(8-10)15(21)18-3-6-24/h7-9,22-24H,1-6H2,(H,16,19)(H,17,20)(H,18,21). The first-order valence-corrected chi connectivity index (χ1v) is 9.25. The molecule has 132 valence electrons. The van der Waals surface area contributed by atoms with Gasteiger partial charge in [0, 0.05) is 53.6 Å². The summed E-state index contributed by atoms with van der Waals surface area (Å²) < 4.78 is 0. The van der Waals surface area contributed by atoms with Crippen LogP contribution in [0, 0.1) is 0 Å². The number of carbonyl (C=O) groups is 3. The van der Waals surface area contributed by atoms with Gasteiger partial charge in [0.05, 0.1) is 0 Å². The maximum Gasteiger partial charge on any atom is 0.251 e. The normalized spacial score (nSPS) is 10.1. The molecule has 0 aliphatic carbocycles. The number of nitrogens with one attached hydrogen (secondary N) is 3. The van der Waals surface area contributed by atoms with E-state index in [1.807, 2.05) is 0 Å². The van der Waals surface area contributed by atoms with E-state index in [0.29, 0.717) is 36.9 Å². The summed E-state index contributed by atoms with van der Waals surface area (Å²) in [5.41, 5.74) is 0.726. The summed E-state index contributed by atoms with van der Waals surface area (Å²) in [6, 6.07) is 4.37. The SMILES string of the molecule is O=C(NCCS)c1cc(C(=O)NCCS)cc(C(=O)NCCS)c1. The lowest BCUT2D eigenvalue weighted by molar-refractivity contribution is 0.0955. The Kier molecular flexibility index (Phi) is 9.73. The van der Waals surface area contributed by atoms with Gasteiger partial charge in [-0.05, 0) is 18.2 Å². The molecule has 0 saturated heterocycles. The Hall–Kier alpha value is -1.32. The minimum atomic E-state index is -0.365. The van der Waals surface area contributed by atoms with Crippen molar-refractivity contribution < 1.29 is 14.4 Å². The van der Waals surface area contributed by atoms with Crippen molar-refractivity contribution in [1.82, 2.24) is 16.0 Å². The Bertz CT molecular complexity index is 503. The number of hydrogen-bond acceptors (Lipinski definition) is 6. The van der Waals surface area contributed by atoms with Crippen LogP contribution in [0.5, 0.6) is 0 Å². The highest BCUT2D eigenvalue weighted by Crippen LogP contribution is 2.11. The van der Waals surface area contributed by atoms with Crippen molar-refractivity contribution in [2.45, 2.75) is 0 Å². The molecule has 0 radical (unpaired) electrons. The molecule has 0 aliphatic rings. The highest BCUT2D eigenvalue weighted by atomic mass is 32.1. The summed E-state index contributed by atoms with van der Waals surface area (Å²) in [4.78, 5) is 36.4. The molecule has 1 aromatic carbocycles. The first kappa shape index (κ1) is 20.7. The van der Waals surface area contributed by atoms with Crippen LogP contribution in [0.25, 0.3) is 0 Å². The Morgan fingerprint density at radius 1 is 0.625 bits per heavy atom. The highest BCUT2D eigenvalue weighted by molar-refractivity contribution is 7.80. The summed E-state index contributed by atoms with van der Waals surface area (Å²) in [6.45, 7) is 1.16. The van der Waals surface area contributed by atoms with E-state index in [4.69, 9.17) is 0 Å². The minimum absolute atomic E-state index is 0.242. The van der Waals surface area contributed by atoms with Crippen molar-refractivity contribution in [2.24, 2.45) is 0 Å². The van der Waals surface area contributed by atoms with Crippen LogP contribution in [0.2, 0.25) is 0 Å². The van der Waals surface area contributed by atoms with Gasteiger partial charge in [0.2, 0.25) is 0 Å². The topological polar surface area (TPSA) is 87.3 Å². The maximum atomic E-state index is 12.1. The molecule has 1 rings (SSSR count). The van der Waals surface area contributed by atoms with Crippen LogP contribution in [0.3, 0.4) is 0 Å². The zero-order valence-corrected chi connectivity index (χ0v) is 15.7. The van der Waals surface area contributed by atoms with E-state index in [0.717, 1.165) is 0 Å². The Balaban J connectivity index is 3.11. The highest BCUT2D eigenvalue weighted by Gasteiger charge is 2.16. The third-order valence-electron chi connectivity index (χ3n) is 2.91. The Labute approximate surface area is 157 Å². The molecular formula is C15H21N3O3S3. The van der Waals surface area contributed by atoms with Crippen molar-refractivity contribution >= 4 is 55.6 Å². The first-order chi connectivity index (χ1) is 11.5. The molecule has 1 aromatic rings. The van der Waals surface area contributed by atoms with Gasteiger partial charge in [-0.25, -0.2) is 0 Å². The smallest absolute Gasteiger partial charge is 0.251 e.